The van der Waals surface area contributed by atoms with Crippen molar-refractivity contribution in [2.45, 2.75) is 50.0 Å². The van der Waals surface area contributed by atoms with Crippen molar-refractivity contribution in [2.24, 2.45) is 0 Å². The summed E-state index contributed by atoms with van der Waals surface area (Å²) in [6.07, 6.45) is 5.42. The Morgan fingerprint density at radius 3 is 2.72 bits per heavy atom. The molecule has 2 aromatic heterocycles. The lowest BCUT2D eigenvalue weighted by atomic mass is 9.95. The molecule has 10 nitrogen and oxygen atoms in total. The fraction of sp³-hybridized carbons (Fsp3) is 0.476. The molecule has 0 aliphatic heterocycles. The number of aliphatic hydroxyl groups is 1. The zero-order valence-electron chi connectivity index (χ0n) is 18.1. The molecule has 172 valence electrons. The minimum absolute atomic E-state index is 0.0173. The molecule has 2 heterocycles. The second-order valence-electron chi connectivity index (χ2n) is 7.92. The van der Waals surface area contributed by atoms with Crippen LogP contribution in [-0.4, -0.2) is 53.5 Å². The normalized spacial score (nSPS) is 15.3. The molecule has 0 atom stereocenters. The number of H-pyrrole nitrogens is 1. The molecule has 1 aliphatic carbocycles. The van der Waals surface area contributed by atoms with Crippen LogP contribution in [-0.2, 0) is 10.0 Å². The van der Waals surface area contributed by atoms with Gasteiger partial charge in [-0.25, -0.2) is 18.1 Å². The fourth-order valence-electron chi connectivity index (χ4n) is 4.21. The SMILES string of the molecule is COc1cc(S(=O)(=O)NCCO)ccc1-c1nc2c(C)nn(C3CCCCC3)c2c(=O)[nH]1. The third kappa shape index (κ3) is 4.15. The fourth-order valence-corrected chi connectivity index (χ4v) is 5.24. The number of methoxy groups -OCH3 is 1. The Bertz CT molecular complexity index is 1290. The quantitative estimate of drug-likeness (QED) is 0.488. The number of aromatic amines is 1. The number of nitrogens with one attached hydrogen (secondary N) is 2. The van der Waals surface area contributed by atoms with Crippen molar-refractivity contribution >= 4 is 21.1 Å². The van der Waals surface area contributed by atoms with Crippen molar-refractivity contribution in [2.75, 3.05) is 20.3 Å². The van der Waals surface area contributed by atoms with Crippen LogP contribution in [0.5, 0.6) is 5.75 Å². The first kappa shape index (κ1) is 22.4. The van der Waals surface area contributed by atoms with Gasteiger partial charge in [0.05, 0.1) is 35.9 Å². The minimum atomic E-state index is -3.81. The summed E-state index contributed by atoms with van der Waals surface area (Å²) in [5.74, 6) is 0.523. The van der Waals surface area contributed by atoms with Gasteiger partial charge in [-0.1, -0.05) is 19.3 Å². The lowest BCUT2D eigenvalue weighted by Gasteiger charge is -2.22. The standard InChI is InChI=1S/C21H27N5O5S/c1-13-18-19(26(25-13)14-6-4-3-5-7-14)21(28)24-20(23-18)16-9-8-15(12-17(16)31-2)32(29,30)22-10-11-27/h8-9,12,14,22,27H,3-7,10-11H2,1-2H3,(H,23,24,28). The molecular formula is C21H27N5O5S. The number of ether oxygens (including phenoxy) is 1. The summed E-state index contributed by atoms with van der Waals surface area (Å²) < 4.78 is 34.3. The Hall–Kier alpha value is -2.76. The molecule has 32 heavy (non-hydrogen) atoms. The maximum atomic E-state index is 13.1. The van der Waals surface area contributed by atoms with Gasteiger partial charge >= 0.3 is 0 Å². The van der Waals surface area contributed by atoms with Gasteiger partial charge in [0.15, 0.2) is 5.52 Å². The number of nitrogens with zero attached hydrogens (tertiary/aromatic N) is 3. The van der Waals surface area contributed by atoms with Crippen LogP contribution in [0.3, 0.4) is 0 Å². The minimum Gasteiger partial charge on any atom is -0.496 e. The molecule has 4 rings (SSSR count). The Balaban J connectivity index is 1.78. The molecule has 1 saturated carbocycles. The molecule has 1 fully saturated rings. The first-order valence-electron chi connectivity index (χ1n) is 10.6. The third-order valence-electron chi connectivity index (χ3n) is 5.79. The largest absolute Gasteiger partial charge is 0.496 e. The number of hydrogen-bond donors (Lipinski definition) is 3. The average Bonchev–Trinajstić information content (AvgIpc) is 3.15. The van der Waals surface area contributed by atoms with Crippen LogP contribution < -0.4 is 15.0 Å². The topological polar surface area (TPSA) is 139 Å². The summed E-state index contributed by atoms with van der Waals surface area (Å²) in [4.78, 5) is 20.5. The van der Waals surface area contributed by atoms with Gasteiger partial charge in [-0.2, -0.15) is 5.10 Å². The van der Waals surface area contributed by atoms with Gasteiger partial charge in [-0.15, -0.1) is 0 Å². The van der Waals surface area contributed by atoms with E-state index < -0.39 is 10.0 Å². The molecule has 1 aromatic carbocycles. The van der Waals surface area contributed by atoms with E-state index in [-0.39, 0.29) is 41.2 Å². The van der Waals surface area contributed by atoms with Crippen LogP contribution in [0.1, 0.15) is 43.8 Å². The Morgan fingerprint density at radius 2 is 2.03 bits per heavy atom. The summed E-state index contributed by atoms with van der Waals surface area (Å²) in [6.45, 7) is 1.42. The molecule has 0 bridgehead atoms. The van der Waals surface area contributed by atoms with Crippen molar-refractivity contribution in [1.29, 1.82) is 0 Å². The molecule has 11 heteroatoms. The van der Waals surface area contributed by atoms with Crippen molar-refractivity contribution in [3.05, 3.63) is 34.2 Å². The third-order valence-corrected chi connectivity index (χ3v) is 7.25. The first-order chi connectivity index (χ1) is 15.4. The van der Waals surface area contributed by atoms with E-state index in [1.54, 1.807) is 0 Å². The summed E-state index contributed by atoms with van der Waals surface area (Å²) in [5.41, 5.74) is 1.82. The van der Waals surface area contributed by atoms with E-state index in [0.29, 0.717) is 22.3 Å². The Kier molecular flexibility index (Phi) is 6.31. The number of aliphatic hydroxyl groups excluding tert-OH is 1. The Morgan fingerprint density at radius 1 is 1.28 bits per heavy atom. The number of sulfonamides is 1. The number of benzene rings is 1. The summed E-state index contributed by atoms with van der Waals surface area (Å²) in [5, 5.41) is 13.5. The van der Waals surface area contributed by atoms with Gasteiger partial charge in [0.1, 0.15) is 17.1 Å². The van der Waals surface area contributed by atoms with Crippen LogP contribution in [0.2, 0.25) is 0 Å². The van der Waals surface area contributed by atoms with E-state index in [0.717, 1.165) is 25.7 Å². The smallest absolute Gasteiger partial charge is 0.277 e. The van der Waals surface area contributed by atoms with Gasteiger partial charge in [-0.05, 0) is 31.9 Å². The van der Waals surface area contributed by atoms with E-state index in [2.05, 4.69) is 19.8 Å². The van der Waals surface area contributed by atoms with Crippen molar-refractivity contribution < 1.29 is 18.3 Å². The number of fused-ring (bicyclic) bond motifs is 1. The molecule has 3 N–H and O–H groups in total. The highest BCUT2D eigenvalue weighted by atomic mass is 32.2. The van der Waals surface area contributed by atoms with Crippen LogP contribution in [0.4, 0.5) is 0 Å². The van der Waals surface area contributed by atoms with Crippen LogP contribution in [0, 0.1) is 6.92 Å². The van der Waals surface area contributed by atoms with Crippen molar-refractivity contribution in [3.8, 4) is 17.1 Å². The number of rotatable bonds is 7. The highest BCUT2D eigenvalue weighted by molar-refractivity contribution is 7.89. The molecule has 0 radical (unpaired) electrons. The zero-order chi connectivity index (χ0) is 22.9. The van der Waals surface area contributed by atoms with Crippen LogP contribution in [0.25, 0.3) is 22.4 Å². The van der Waals surface area contributed by atoms with Crippen molar-refractivity contribution in [3.63, 3.8) is 0 Å². The van der Waals surface area contributed by atoms with Gasteiger partial charge in [0, 0.05) is 12.6 Å². The first-order valence-corrected chi connectivity index (χ1v) is 12.1. The van der Waals surface area contributed by atoms with E-state index in [4.69, 9.17) is 9.84 Å². The van der Waals surface area contributed by atoms with Crippen molar-refractivity contribution in [1.82, 2.24) is 24.5 Å². The molecule has 0 amide bonds. The van der Waals surface area contributed by atoms with Gasteiger partial charge in [-0.3, -0.25) is 9.48 Å². The Labute approximate surface area is 185 Å². The van der Waals surface area contributed by atoms with Gasteiger partial charge < -0.3 is 14.8 Å². The molecule has 0 spiro atoms. The van der Waals surface area contributed by atoms with E-state index in [9.17, 15) is 13.2 Å². The summed E-state index contributed by atoms with van der Waals surface area (Å²) >= 11 is 0. The van der Waals surface area contributed by atoms with Crippen LogP contribution >= 0.6 is 0 Å². The number of aromatic nitrogens is 4. The summed E-state index contributed by atoms with van der Waals surface area (Å²) in [6, 6.07) is 4.49. The maximum Gasteiger partial charge on any atom is 0.277 e. The highest BCUT2D eigenvalue weighted by Gasteiger charge is 2.24. The van der Waals surface area contributed by atoms with E-state index in [1.807, 2.05) is 11.6 Å². The summed E-state index contributed by atoms with van der Waals surface area (Å²) in [7, 11) is -2.39. The van der Waals surface area contributed by atoms with E-state index in [1.165, 1.54) is 31.7 Å². The second kappa shape index (κ2) is 9.00. The molecule has 1 aliphatic rings. The lowest BCUT2D eigenvalue weighted by molar-refractivity contribution is 0.301. The predicted octanol–water partition coefficient (Wildman–Crippen LogP) is 1.88. The molecule has 3 aromatic rings. The maximum absolute atomic E-state index is 13.1. The number of aryl methyl sites for hydroxylation is 1. The number of hydrogen-bond acceptors (Lipinski definition) is 7. The molecule has 0 unspecified atom stereocenters. The van der Waals surface area contributed by atoms with E-state index >= 15 is 0 Å². The predicted molar refractivity (Wildman–Crippen MR) is 119 cm³/mol. The van der Waals surface area contributed by atoms with Crippen LogP contribution in [0.15, 0.2) is 27.9 Å². The monoisotopic (exact) mass is 461 g/mol. The zero-order valence-corrected chi connectivity index (χ0v) is 18.9. The van der Waals surface area contributed by atoms with Gasteiger partial charge in [0.25, 0.3) is 5.56 Å². The lowest BCUT2D eigenvalue weighted by Crippen LogP contribution is -2.26. The average molecular weight is 462 g/mol. The molecular weight excluding hydrogens is 434 g/mol. The van der Waals surface area contributed by atoms with Gasteiger partial charge in [0.2, 0.25) is 10.0 Å². The highest BCUT2D eigenvalue weighted by Crippen LogP contribution is 2.33. The second-order valence-corrected chi connectivity index (χ2v) is 9.68. The molecule has 0 saturated heterocycles.